The Morgan fingerprint density at radius 3 is 2.92 bits per heavy atom. The van der Waals surface area contributed by atoms with Gasteiger partial charge in [0.25, 0.3) is 0 Å². The number of anilines is 1. The Morgan fingerprint density at radius 1 is 1.27 bits per heavy atom. The first kappa shape index (κ1) is 16.7. The van der Waals surface area contributed by atoms with Crippen LogP contribution in [0.15, 0.2) is 41.8 Å². The second kappa shape index (κ2) is 7.27. The van der Waals surface area contributed by atoms with Crippen molar-refractivity contribution in [3.8, 4) is 11.4 Å². The van der Waals surface area contributed by atoms with E-state index in [1.165, 1.54) is 4.88 Å². The molecule has 2 aromatic heterocycles. The molecule has 0 saturated carbocycles. The third-order valence-electron chi connectivity index (χ3n) is 4.21. The van der Waals surface area contributed by atoms with Crippen LogP contribution < -0.4 is 10.2 Å². The number of rotatable bonds is 6. The van der Waals surface area contributed by atoms with Crippen LogP contribution in [0, 0.1) is 0 Å². The lowest BCUT2D eigenvalue weighted by atomic mass is 10.1. The molecule has 1 fully saturated rings. The molecule has 7 nitrogen and oxygen atoms in total. The number of nitrogens with zero attached hydrogens (tertiary/aromatic N) is 4. The zero-order chi connectivity index (χ0) is 17.9. The summed E-state index contributed by atoms with van der Waals surface area (Å²) in [6.45, 7) is 1.66. The number of aliphatic hydroxyl groups excluding tert-OH is 1. The van der Waals surface area contributed by atoms with Crippen LogP contribution in [0.3, 0.4) is 0 Å². The topological polar surface area (TPSA) is 83.3 Å². The first-order valence-corrected chi connectivity index (χ1v) is 9.35. The Kier molecular flexibility index (Phi) is 4.68. The van der Waals surface area contributed by atoms with Gasteiger partial charge in [-0.15, -0.1) is 11.3 Å². The predicted molar refractivity (Wildman–Crippen MR) is 100 cm³/mol. The summed E-state index contributed by atoms with van der Waals surface area (Å²) in [5.74, 6) is 1.42. The average molecular weight is 369 g/mol. The van der Waals surface area contributed by atoms with Gasteiger partial charge in [0, 0.05) is 35.6 Å². The van der Waals surface area contributed by atoms with Crippen molar-refractivity contribution in [2.24, 2.45) is 0 Å². The summed E-state index contributed by atoms with van der Waals surface area (Å²) in [6.07, 6.45) is 0.664. The van der Waals surface area contributed by atoms with E-state index in [0.29, 0.717) is 31.9 Å². The van der Waals surface area contributed by atoms with Crippen LogP contribution in [0.4, 0.5) is 10.5 Å². The smallest absolute Gasteiger partial charge is 0.321 e. The zero-order valence-corrected chi connectivity index (χ0v) is 14.9. The number of aromatic nitrogens is 3. The van der Waals surface area contributed by atoms with Crippen LogP contribution in [0.25, 0.3) is 11.4 Å². The Morgan fingerprint density at radius 2 is 2.19 bits per heavy atom. The van der Waals surface area contributed by atoms with E-state index in [1.807, 2.05) is 35.7 Å². The summed E-state index contributed by atoms with van der Waals surface area (Å²) < 4.78 is 1.73. The molecule has 0 atom stereocenters. The first-order valence-electron chi connectivity index (χ1n) is 8.47. The molecule has 1 aliphatic heterocycles. The molecule has 1 aliphatic rings. The molecular weight excluding hydrogens is 350 g/mol. The number of amides is 2. The SMILES string of the molecule is O=C1NCCN1c1cccc(-c2nc(Cc3cccs3)nn2CCO)c1. The fourth-order valence-corrected chi connectivity index (χ4v) is 3.73. The Labute approximate surface area is 154 Å². The number of carbonyl (C=O) groups is 1. The molecule has 0 spiro atoms. The molecular formula is C18H19N5O2S. The molecule has 3 aromatic rings. The lowest BCUT2D eigenvalue weighted by Crippen LogP contribution is -2.27. The summed E-state index contributed by atoms with van der Waals surface area (Å²) in [5, 5.41) is 18.8. The summed E-state index contributed by atoms with van der Waals surface area (Å²) in [6, 6.07) is 11.7. The molecule has 1 aromatic carbocycles. The van der Waals surface area contributed by atoms with Crippen molar-refractivity contribution in [2.75, 3.05) is 24.6 Å². The van der Waals surface area contributed by atoms with Gasteiger partial charge in [0.15, 0.2) is 11.6 Å². The van der Waals surface area contributed by atoms with Gasteiger partial charge in [-0.3, -0.25) is 4.90 Å². The maximum atomic E-state index is 11.9. The van der Waals surface area contributed by atoms with Crippen molar-refractivity contribution in [1.82, 2.24) is 20.1 Å². The number of hydrogen-bond acceptors (Lipinski definition) is 5. The van der Waals surface area contributed by atoms with E-state index in [9.17, 15) is 9.90 Å². The average Bonchev–Trinajstić information content (AvgIpc) is 3.38. The van der Waals surface area contributed by atoms with Crippen LogP contribution in [0.2, 0.25) is 0 Å². The van der Waals surface area contributed by atoms with Gasteiger partial charge in [0.1, 0.15) is 0 Å². The van der Waals surface area contributed by atoms with E-state index in [1.54, 1.807) is 20.9 Å². The fraction of sp³-hybridized carbons (Fsp3) is 0.278. The van der Waals surface area contributed by atoms with Crippen LogP contribution in [-0.4, -0.2) is 45.6 Å². The van der Waals surface area contributed by atoms with E-state index >= 15 is 0 Å². The standard InChI is InChI=1S/C18H19N5O2S/c24-9-8-23-17(20-16(21-23)12-15-5-2-10-26-15)13-3-1-4-14(11-13)22-7-6-19-18(22)25/h1-5,10-11,24H,6-9,12H2,(H,19,25). The van der Waals surface area contributed by atoms with E-state index in [4.69, 9.17) is 0 Å². The molecule has 0 aliphatic carbocycles. The summed E-state index contributed by atoms with van der Waals surface area (Å²) in [5.41, 5.74) is 1.71. The molecule has 2 amide bonds. The van der Waals surface area contributed by atoms with Gasteiger partial charge in [0.05, 0.1) is 13.2 Å². The van der Waals surface area contributed by atoms with Crippen molar-refractivity contribution in [3.05, 3.63) is 52.5 Å². The van der Waals surface area contributed by atoms with Crippen LogP contribution in [-0.2, 0) is 13.0 Å². The van der Waals surface area contributed by atoms with E-state index in [0.717, 1.165) is 17.1 Å². The highest BCUT2D eigenvalue weighted by atomic mass is 32.1. The molecule has 3 heterocycles. The maximum absolute atomic E-state index is 11.9. The van der Waals surface area contributed by atoms with Crippen molar-refractivity contribution in [1.29, 1.82) is 0 Å². The van der Waals surface area contributed by atoms with Gasteiger partial charge in [-0.1, -0.05) is 18.2 Å². The van der Waals surface area contributed by atoms with Gasteiger partial charge in [-0.05, 0) is 23.6 Å². The van der Waals surface area contributed by atoms with Gasteiger partial charge in [-0.25, -0.2) is 14.5 Å². The van der Waals surface area contributed by atoms with E-state index < -0.39 is 0 Å². The third-order valence-corrected chi connectivity index (χ3v) is 5.09. The second-order valence-corrected chi connectivity index (χ2v) is 7.02. The highest BCUT2D eigenvalue weighted by molar-refractivity contribution is 7.09. The Bertz CT molecular complexity index is 906. The van der Waals surface area contributed by atoms with Crippen molar-refractivity contribution in [2.45, 2.75) is 13.0 Å². The summed E-state index contributed by atoms with van der Waals surface area (Å²) in [4.78, 5) is 19.5. The number of hydrogen-bond donors (Lipinski definition) is 2. The minimum atomic E-state index is -0.0858. The minimum absolute atomic E-state index is 0.0109. The molecule has 134 valence electrons. The number of nitrogens with one attached hydrogen (secondary N) is 1. The summed E-state index contributed by atoms with van der Waals surface area (Å²) >= 11 is 1.67. The molecule has 1 saturated heterocycles. The zero-order valence-electron chi connectivity index (χ0n) is 14.1. The molecule has 0 bridgehead atoms. The highest BCUT2D eigenvalue weighted by Crippen LogP contribution is 2.25. The van der Waals surface area contributed by atoms with Crippen LogP contribution in [0.1, 0.15) is 10.7 Å². The monoisotopic (exact) mass is 369 g/mol. The van der Waals surface area contributed by atoms with E-state index in [-0.39, 0.29) is 12.6 Å². The Hall–Kier alpha value is -2.71. The first-order chi connectivity index (χ1) is 12.7. The molecule has 4 rings (SSSR count). The summed E-state index contributed by atoms with van der Waals surface area (Å²) in [7, 11) is 0. The number of carbonyl (C=O) groups excluding carboxylic acids is 1. The number of urea groups is 1. The van der Waals surface area contributed by atoms with Gasteiger partial charge in [-0.2, -0.15) is 5.10 Å². The van der Waals surface area contributed by atoms with E-state index in [2.05, 4.69) is 21.5 Å². The van der Waals surface area contributed by atoms with Crippen molar-refractivity contribution in [3.63, 3.8) is 0 Å². The van der Waals surface area contributed by atoms with Gasteiger partial charge >= 0.3 is 6.03 Å². The normalized spacial score (nSPS) is 14.0. The lowest BCUT2D eigenvalue weighted by molar-refractivity contribution is 0.252. The van der Waals surface area contributed by atoms with Crippen LogP contribution in [0.5, 0.6) is 0 Å². The fourth-order valence-electron chi connectivity index (χ4n) is 3.03. The van der Waals surface area contributed by atoms with Crippen LogP contribution >= 0.6 is 11.3 Å². The third kappa shape index (κ3) is 3.33. The molecule has 26 heavy (non-hydrogen) atoms. The quantitative estimate of drug-likeness (QED) is 0.697. The second-order valence-electron chi connectivity index (χ2n) is 5.99. The Balaban J connectivity index is 1.67. The molecule has 8 heteroatoms. The largest absolute Gasteiger partial charge is 0.394 e. The molecule has 0 unspecified atom stereocenters. The number of thiophene rings is 1. The maximum Gasteiger partial charge on any atom is 0.321 e. The van der Waals surface area contributed by atoms with Gasteiger partial charge < -0.3 is 10.4 Å². The highest BCUT2D eigenvalue weighted by Gasteiger charge is 2.22. The molecule has 0 radical (unpaired) electrons. The number of aliphatic hydroxyl groups is 1. The number of benzene rings is 1. The van der Waals surface area contributed by atoms with Crippen molar-refractivity contribution >= 4 is 23.1 Å². The lowest BCUT2D eigenvalue weighted by Gasteiger charge is -2.15. The van der Waals surface area contributed by atoms with Gasteiger partial charge in [0.2, 0.25) is 0 Å². The van der Waals surface area contributed by atoms with Crippen molar-refractivity contribution < 1.29 is 9.90 Å². The minimum Gasteiger partial charge on any atom is -0.394 e. The predicted octanol–water partition coefficient (Wildman–Crippen LogP) is 2.12. The molecule has 2 N–H and O–H groups in total.